The molecule has 1 aliphatic rings. The molecule has 2 amide bonds. The van der Waals surface area contributed by atoms with Gasteiger partial charge in [0.25, 0.3) is 5.91 Å². The predicted octanol–water partition coefficient (Wildman–Crippen LogP) is 3.23. The highest BCUT2D eigenvalue weighted by atomic mass is 16.5. The Bertz CT molecular complexity index is 817. The Balaban J connectivity index is 1.82. The molecule has 0 saturated heterocycles. The number of hydrogen-bond donors (Lipinski definition) is 2. The minimum absolute atomic E-state index is 0.0129. The largest absolute Gasteiger partial charge is 0.497 e. The van der Waals surface area contributed by atoms with Gasteiger partial charge in [-0.1, -0.05) is 0 Å². The third kappa shape index (κ3) is 3.74. The van der Waals surface area contributed by atoms with Gasteiger partial charge < -0.3 is 20.1 Å². The fourth-order valence-electron chi connectivity index (χ4n) is 2.81. The number of anilines is 2. The summed E-state index contributed by atoms with van der Waals surface area (Å²) in [6.07, 6.45) is 2.04. The summed E-state index contributed by atoms with van der Waals surface area (Å²) in [5.41, 5.74) is 2.85. The average Bonchev–Trinajstić information content (AvgIpc) is 2.81. The van der Waals surface area contributed by atoms with Crippen molar-refractivity contribution in [1.29, 1.82) is 0 Å². The second kappa shape index (κ2) is 7.25. The predicted molar refractivity (Wildman–Crippen MR) is 95.5 cm³/mol. The highest BCUT2D eigenvalue weighted by Crippen LogP contribution is 2.30. The van der Waals surface area contributed by atoms with Crippen LogP contribution in [0.25, 0.3) is 0 Å². The van der Waals surface area contributed by atoms with Crippen LogP contribution in [-0.4, -0.2) is 26.0 Å². The van der Waals surface area contributed by atoms with Crippen LogP contribution in [0.5, 0.6) is 11.5 Å². The van der Waals surface area contributed by atoms with E-state index in [1.165, 1.54) is 7.11 Å². The number of hydrogen-bond acceptors (Lipinski definition) is 4. The summed E-state index contributed by atoms with van der Waals surface area (Å²) in [6.45, 7) is 0. The zero-order chi connectivity index (χ0) is 17.8. The summed E-state index contributed by atoms with van der Waals surface area (Å²) in [5, 5.41) is 5.72. The van der Waals surface area contributed by atoms with Gasteiger partial charge in [0, 0.05) is 23.7 Å². The van der Waals surface area contributed by atoms with Gasteiger partial charge in [-0.05, 0) is 48.7 Å². The van der Waals surface area contributed by atoms with E-state index in [1.54, 1.807) is 37.4 Å². The maximum absolute atomic E-state index is 12.6. The van der Waals surface area contributed by atoms with E-state index in [4.69, 9.17) is 9.47 Å². The zero-order valence-corrected chi connectivity index (χ0v) is 14.2. The number of nitrogens with one attached hydrogen (secondary N) is 2. The van der Waals surface area contributed by atoms with Gasteiger partial charge in [-0.2, -0.15) is 0 Å². The Morgan fingerprint density at radius 3 is 2.68 bits per heavy atom. The number of carbonyl (C=O) groups excluding carboxylic acids is 2. The number of aryl methyl sites for hydroxylation is 1. The monoisotopic (exact) mass is 340 g/mol. The molecule has 2 aromatic rings. The first-order valence-corrected chi connectivity index (χ1v) is 8.07. The Kier molecular flexibility index (Phi) is 4.88. The fraction of sp³-hybridized carbons (Fsp3) is 0.263. The first-order chi connectivity index (χ1) is 12.1. The third-order valence-corrected chi connectivity index (χ3v) is 4.15. The van der Waals surface area contributed by atoms with E-state index in [0.717, 1.165) is 24.1 Å². The molecule has 0 saturated carbocycles. The second-order valence-corrected chi connectivity index (χ2v) is 5.79. The smallest absolute Gasteiger partial charge is 0.255 e. The summed E-state index contributed by atoms with van der Waals surface area (Å²) in [6, 6.07) is 10.5. The second-order valence-electron chi connectivity index (χ2n) is 5.79. The SMILES string of the molecule is COc1ccc(NC(=O)c2ccc3c(c2)CCCC(=O)N3)c(OC)c1. The molecule has 0 fully saturated rings. The minimum atomic E-state index is -0.234. The maximum Gasteiger partial charge on any atom is 0.255 e. The van der Waals surface area contributed by atoms with Crippen molar-refractivity contribution in [2.45, 2.75) is 19.3 Å². The molecule has 1 aliphatic heterocycles. The van der Waals surface area contributed by atoms with E-state index in [9.17, 15) is 9.59 Å². The minimum Gasteiger partial charge on any atom is -0.497 e. The molecule has 6 heteroatoms. The number of fused-ring (bicyclic) bond motifs is 1. The van der Waals surface area contributed by atoms with Gasteiger partial charge in [0.2, 0.25) is 5.91 Å². The molecule has 0 atom stereocenters. The summed E-state index contributed by atoms with van der Waals surface area (Å²) in [7, 11) is 3.11. The van der Waals surface area contributed by atoms with Crippen LogP contribution >= 0.6 is 0 Å². The standard InChI is InChI=1S/C19H20N2O4/c1-24-14-7-9-16(17(11-14)25-2)21-19(23)13-6-8-15-12(10-13)4-3-5-18(22)20-15/h6-11H,3-5H2,1-2H3,(H,20,22)(H,21,23). The van der Waals surface area contributed by atoms with Crippen molar-refractivity contribution < 1.29 is 19.1 Å². The molecule has 0 bridgehead atoms. The molecular weight excluding hydrogens is 320 g/mol. The van der Waals surface area contributed by atoms with Crippen LogP contribution < -0.4 is 20.1 Å². The summed E-state index contributed by atoms with van der Waals surface area (Å²) < 4.78 is 10.5. The lowest BCUT2D eigenvalue weighted by Gasteiger charge is -2.13. The normalized spacial score (nSPS) is 13.3. The van der Waals surface area contributed by atoms with Gasteiger partial charge in [0.15, 0.2) is 0 Å². The Morgan fingerprint density at radius 1 is 1.08 bits per heavy atom. The van der Waals surface area contributed by atoms with E-state index in [0.29, 0.717) is 29.2 Å². The van der Waals surface area contributed by atoms with Crippen molar-refractivity contribution in [1.82, 2.24) is 0 Å². The van der Waals surface area contributed by atoms with Crippen LogP contribution in [0.15, 0.2) is 36.4 Å². The average molecular weight is 340 g/mol. The maximum atomic E-state index is 12.6. The number of benzene rings is 2. The first-order valence-electron chi connectivity index (χ1n) is 8.07. The number of rotatable bonds is 4. The van der Waals surface area contributed by atoms with E-state index in [-0.39, 0.29) is 11.8 Å². The van der Waals surface area contributed by atoms with Crippen molar-refractivity contribution in [2.24, 2.45) is 0 Å². The van der Waals surface area contributed by atoms with Crippen molar-refractivity contribution in [3.8, 4) is 11.5 Å². The lowest BCUT2D eigenvalue weighted by atomic mass is 10.0. The Hall–Kier alpha value is -3.02. The van der Waals surface area contributed by atoms with E-state index in [1.807, 2.05) is 6.07 Å². The Labute approximate surface area is 146 Å². The molecule has 0 radical (unpaired) electrons. The van der Waals surface area contributed by atoms with Crippen LogP contribution in [0.4, 0.5) is 11.4 Å². The molecule has 25 heavy (non-hydrogen) atoms. The summed E-state index contributed by atoms with van der Waals surface area (Å²) >= 11 is 0. The quantitative estimate of drug-likeness (QED) is 0.896. The van der Waals surface area contributed by atoms with Crippen LogP contribution in [0, 0.1) is 0 Å². The highest BCUT2D eigenvalue weighted by Gasteiger charge is 2.16. The van der Waals surface area contributed by atoms with Gasteiger partial charge in [-0.15, -0.1) is 0 Å². The topological polar surface area (TPSA) is 76.7 Å². The van der Waals surface area contributed by atoms with Crippen LogP contribution in [-0.2, 0) is 11.2 Å². The number of ether oxygens (including phenoxy) is 2. The molecule has 3 rings (SSSR count). The molecular formula is C19H20N2O4. The summed E-state index contributed by atoms with van der Waals surface area (Å²) in [5.74, 6) is 0.950. The van der Waals surface area contributed by atoms with Gasteiger partial charge in [-0.3, -0.25) is 9.59 Å². The molecule has 0 aliphatic carbocycles. The molecule has 2 aromatic carbocycles. The number of amides is 2. The lowest BCUT2D eigenvalue weighted by molar-refractivity contribution is -0.116. The van der Waals surface area contributed by atoms with Gasteiger partial charge in [-0.25, -0.2) is 0 Å². The van der Waals surface area contributed by atoms with E-state index < -0.39 is 0 Å². The van der Waals surface area contributed by atoms with E-state index >= 15 is 0 Å². The lowest BCUT2D eigenvalue weighted by Crippen LogP contribution is -2.14. The first kappa shape index (κ1) is 16.8. The zero-order valence-electron chi connectivity index (χ0n) is 14.2. The summed E-state index contributed by atoms with van der Waals surface area (Å²) in [4.78, 5) is 24.2. The molecule has 0 spiro atoms. The van der Waals surface area contributed by atoms with Crippen LogP contribution in [0.3, 0.4) is 0 Å². The van der Waals surface area contributed by atoms with Crippen LogP contribution in [0.1, 0.15) is 28.8 Å². The fourth-order valence-corrected chi connectivity index (χ4v) is 2.81. The van der Waals surface area contributed by atoms with Crippen molar-refractivity contribution in [3.05, 3.63) is 47.5 Å². The van der Waals surface area contributed by atoms with Gasteiger partial charge in [0.1, 0.15) is 11.5 Å². The van der Waals surface area contributed by atoms with Crippen molar-refractivity contribution in [2.75, 3.05) is 24.9 Å². The molecule has 1 heterocycles. The van der Waals surface area contributed by atoms with Crippen LogP contribution in [0.2, 0.25) is 0 Å². The van der Waals surface area contributed by atoms with E-state index in [2.05, 4.69) is 10.6 Å². The molecule has 2 N–H and O–H groups in total. The van der Waals surface area contributed by atoms with Crippen molar-refractivity contribution >= 4 is 23.2 Å². The molecule has 130 valence electrons. The van der Waals surface area contributed by atoms with Gasteiger partial charge >= 0.3 is 0 Å². The van der Waals surface area contributed by atoms with Gasteiger partial charge in [0.05, 0.1) is 19.9 Å². The molecule has 0 unspecified atom stereocenters. The Morgan fingerprint density at radius 2 is 1.92 bits per heavy atom. The number of carbonyl (C=O) groups is 2. The highest BCUT2D eigenvalue weighted by molar-refractivity contribution is 6.05. The third-order valence-electron chi connectivity index (χ3n) is 4.15. The van der Waals surface area contributed by atoms with Crippen molar-refractivity contribution in [3.63, 3.8) is 0 Å². The molecule has 0 aromatic heterocycles. The molecule has 6 nitrogen and oxygen atoms in total. The number of methoxy groups -OCH3 is 2.